The van der Waals surface area contributed by atoms with Gasteiger partial charge >= 0.3 is 0 Å². The molecule has 2 rings (SSSR count). The molecule has 19 heavy (non-hydrogen) atoms. The molecule has 1 unspecified atom stereocenters. The highest BCUT2D eigenvalue weighted by atomic mass is 35.5. The Labute approximate surface area is 116 Å². The van der Waals surface area contributed by atoms with Crippen molar-refractivity contribution >= 4 is 17.3 Å². The van der Waals surface area contributed by atoms with Gasteiger partial charge in [-0.1, -0.05) is 0 Å². The molecule has 1 aliphatic rings. The van der Waals surface area contributed by atoms with Crippen molar-refractivity contribution in [1.29, 1.82) is 0 Å². The summed E-state index contributed by atoms with van der Waals surface area (Å²) >= 11 is 5.79. The van der Waals surface area contributed by atoms with Crippen LogP contribution >= 0.6 is 11.6 Å². The maximum atomic E-state index is 10.7. The molecule has 0 spiro atoms. The number of hydrogen-bond donors (Lipinski definition) is 0. The van der Waals surface area contributed by atoms with Crippen LogP contribution in [-0.2, 0) is 10.6 Å². The summed E-state index contributed by atoms with van der Waals surface area (Å²) in [7, 11) is 0. The van der Waals surface area contributed by atoms with Crippen molar-refractivity contribution in [2.45, 2.75) is 31.2 Å². The fourth-order valence-corrected chi connectivity index (χ4v) is 2.31. The van der Waals surface area contributed by atoms with Gasteiger partial charge in [0.05, 0.1) is 23.5 Å². The van der Waals surface area contributed by atoms with E-state index in [2.05, 4.69) is 0 Å². The summed E-state index contributed by atoms with van der Waals surface area (Å²) in [4.78, 5) is 10.2. The van der Waals surface area contributed by atoms with Gasteiger partial charge in [0.15, 0.2) is 0 Å². The normalized spacial score (nSPS) is 18.5. The topological polar surface area (TPSA) is 61.6 Å². The van der Waals surface area contributed by atoms with Crippen LogP contribution in [0.5, 0.6) is 5.75 Å². The zero-order valence-electron chi connectivity index (χ0n) is 10.5. The summed E-state index contributed by atoms with van der Waals surface area (Å²) in [5.41, 5.74) is 0.672. The molecule has 1 aromatic carbocycles. The van der Waals surface area contributed by atoms with Crippen molar-refractivity contribution in [1.82, 2.24) is 0 Å². The standard InChI is InChI=1S/C13H16ClNO4/c14-9-10-8-11(15(16)17)3-4-13(10)19-7-5-12-2-1-6-18-12/h3-4,8,12H,1-2,5-7,9H2. The van der Waals surface area contributed by atoms with E-state index in [-0.39, 0.29) is 17.7 Å². The first-order chi connectivity index (χ1) is 9.20. The van der Waals surface area contributed by atoms with Gasteiger partial charge in [-0.05, 0) is 18.9 Å². The number of non-ortho nitro benzene ring substituents is 1. The van der Waals surface area contributed by atoms with E-state index >= 15 is 0 Å². The molecule has 1 saturated heterocycles. The number of benzene rings is 1. The molecule has 1 heterocycles. The summed E-state index contributed by atoms with van der Waals surface area (Å²) in [6, 6.07) is 4.48. The summed E-state index contributed by atoms with van der Waals surface area (Å²) in [6.45, 7) is 1.36. The molecular weight excluding hydrogens is 270 g/mol. The monoisotopic (exact) mass is 285 g/mol. The third-order valence-electron chi connectivity index (χ3n) is 3.12. The van der Waals surface area contributed by atoms with Gasteiger partial charge in [-0.25, -0.2) is 0 Å². The molecule has 1 fully saturated rings. The summed E-state index contributed by atoms with van der Waals surface area (Å²) in [5, 5.41) is 10.7. The van der Waals surface area contributed by atoms with E-state index in [1.807, 2.05) is 0 Å². The lowest BCUT2D eigenvalue weighted by Crippen LogP contribution is -2.11. The number of ether oxygens (including phenoxy) is 2. The Balaban J connectivity index is 1.93. The highest BCUT2D eigenvalue weighted by Gasteiger charge is 2.16. The fourth-order valence-electron chi connectivity index (χ4n) is 2.10. The minimum Gasteiger partial charge on any atom is -0.493 e. The van der Waals surface area contributed by atoms with Crippen molar-refractivity contribution in [3.63, 3.8) is 0 Å². The maximum absolute atomic E-state index is 10.7. The predicted molar refractivity (Wildman–Crippen MR) is 71.7 cm³/mol. The van der Waals surface area contributed by atoms with Crippen LogP contribution in [0.3, 0.4) is 0 Å². The van der Waals surface area contributed by atoms with Crippen LogP contribution in [0.4, 0.5) is 5.69 Å². The zero-order valence-corrected chi connectivity index (χ0v) is 11.3. The molecule has 0 aromatic heterocycles. The first-order valence-electron chi connectivity index (χ1n) is 6.28. The van der Waals surface area contributed by atoms with Crippen molar-refractivity contribution in [3.8, 4) is 5.75 Å². The molecule has 1 atom stereocenters. The summed E-state index contributed by atoms with van der Waals surface area (Å²) < 4.78 is 11.1. The number of nitro groups is 1. The van der Waals surface area contributed by atoms with Crippen LogP contribution in [0.2, 0.25) is 0 Å². The van der Waals surface area contributed by atoms with Crippen LogP contribution < -0.4 is 4.74 Å². The van der Waals surface area contributed by atoms with Crippen LogP contribution in [0.1, 0.15) is 24.8 Å². The Hall–Kier alpha value is -1.33. The van der Waals surface area contributed by atoms with Crippen molar-refractivity contribution in [3.05, 3.63) is 33.9 Å². The Morgan fingerprint density at radius 2 is 2.37 bits per heavy atom. The predicted octanol–water partition coefficient (Wildman–Crippen LogP) is 3.28. The van der Waals surface area contributed by atoms with Gasteiger partial charge < -0.3 is 9.47 Å². The van der Waals surface area contributed by atoms with E-state index in [0.29, 0.717) is 17.9 Å². The number of hydrogen-bond acceptors (Lipinski definition) is 4. The van der Waals surface area contributed by atoms with Crippen molar-refractivity contribution in [2.24, 2.45) is 0 Å². The number of alkyl halides is 1. The molecule has 0 saturated carbocycles. The lowest BCUT2D eigenvalue weighted by molar-refractivity contribution is -0.384. The highest BCUT2D eigenvalue weighted by molar-refractivity contribution is 6.17. The maximum Gasteiger partial charge on any atom is 0.270 e. The molecule has 0 aliphatic carbocycles. The average molecular weight is 286 g/mol. The minimum absolute atomic E-state index is 0.0297. The molecule has 0 bridgehead atoms. The molecule has 0 N–H and O–H groups in total. The van der Waals surface area contributed by atoms with Crippen molar-refractivity contribution < 1.29 is 14.4 Å². The second-order valence-corrected chi connectivity index (χ2v) is 4.72. The molecule has 0 radical (unpaired) electrons. The van der Waals surface area contributed by atoms with Crippen LogP contribution in [-0.4, -0.2) is 24.2 Å². The smallest absolute Gasteiger partial charge is 0.270 e. The minimum atomic E-state index is -0.438. The van der Waals surface area contributed by atoms with E-state index in [1.54, 1.807) is 6.07 Å². The van der Waals surface area contributed by atoms with Gasteiger partial charge in [0, 0.05) is 30.7 Å². The van der Waals surface area contributed by atoms with Crippen molar-refractivity contribution in [2.75, 3.05) is 13.2 Å². The highest BCUT2D eigenvalue weighted by Crippen LogP contribution is 2.26. The summed E-state index contributed by atoms with van der Waals surface area (Å²) in [6.07, 6.45) is 3.29. The van der Waals surface area contributed by atoms with Crippen LogP contribution in [0, 0.1) is 10.1 Å². The third kappa shape index (κ3) is 3.81. The molecule has 0 amide bonds. The van der Waals surface area contributed by atoms with Gasteiger partial charge in [0.2, 0.25) is 0 Å². The average Bonchev–Trinajstić information content (AvgIpc) is 2.92. The van der Waals surface area contributed by atoms with E-state index in [0.717, 1.165) is 25.9 Å². The largest absolute Gasteiger partial charge is 0.493 e. The quantitative estimate of drug-likeness (QED) is 0.457. The zero-order chi connectivity index (χ0) is 13.7. The van der Waals surface area contributed by atoms with Gasteiger partial charge in [-0.15, -0.1) is 11.6 Å². The number of nitrogens with zero attached hydrogens (tertiary/aromatic N) is 1. The molecule has 1 aliphatic heterocycles. The fraction of sp³-hybridized carbons (Fsp3) is 0.538. The summed E-state index contributed by atoms with van der Waals surface area (Å²) in [5.74, 6) is 0.801. The molecule has 5 nitrogen and oxygen atoms in total. The van der Waals surface area contributed by atoms with E-state index in [1.165, 1.54) is 12.1 Å². The van der Waals surface area contributed by atoms with Gasteiger partial charge in [0.1, 0.15) is 5.75 Å². The third-order valence-corrected chi connectivity index (χ3v) is 3.41. The number of halogens is 1. The number of nitro benzene ring substituents is 1. The van der Waals surface area contributed by atoms with Gasteiger partial charge in [0.25, 0.3) is 5.69 Å². The Morgan fingerprint density at radius 1 is 1.53 bits per heavy atom. The molecule has 6 heteroatoms. The molecular formula is C13H16ClNO4. The Kier molecular flexibility index (Phi) is 4.99. The second-order valence-electron chi connectivity index (χ2n) is 4.45. The van der Waals surface area contributed by atoms with Gasteiger partial charge in [-0.2, -0.15) is 0 Å². The number of rotatable bonds is 6. The Morgan fingerprint density at radius 3 is 3.00 bits per heavy atom. The molecule has 104 valence electrons. The lowest BCUT2D eigenvalue weighted by Gasteiger charge is -2.12. The van der Waals surface area contributed by atoms with Crippen LogP contribution in [0.15, 0.2) is 18.2 Å². The first-order valence-corrected chi connectivity index (χ1v) is 6.82. The SMILES string of the molecule is O=[N+]([O-])c1ccc(OCCC2CCCO2)c(CCl)c1. The Bertz CT molecular complexity index is 446. The first kappa shape index (κ1) is 14.1. The van der Waals surface area contributed by atoms with Crippen LogP contribution in [0.25, 0.3) is 0 Å². The van der Waals surface area contributed by atoms with Gasteiger partial charge in [-0.3, -0.25) is 10.1 Å². The van der Waals surface area contributed by atoms with E-state index in [4.69, 9.17) is 21.1 Å². The molecule has 1 aromatic rings. The lowest BCUT2D eigenvalue weighted by atomic mass is 10.2. The van der Waals surface area contributed by atoms with E-state index in [9.17, 15) is 10.1 Å². The van der Waals surface area contributed by atoms with E-state index < -0.39 is 4.92 Å². The second kappa shape index (κ2) is 6.73.